The number of hydrogen-bond donors (Lipinski definition) is 1. The second kappa shape index (κ2) is 7.46. The summed E-state index contributed by atoms with van der Waals surface area (Å²) in [5.41, 5.74) is 0. The van der Waals surface area contributed by atoms with Crippen LogP contribution in [-0.4, -0.2) is 49.8 Å². The Labute approximate surface area is 112 Å². The number of ether oxygens (including phenoxy) is 1. The van der Waals surface area contributed by atoms with Crippen LogP contribution in [-0.2, 0) is 4.74 Å². The highest BCUT2D eigenvalue weighted by atomic mass is 16.5. The molecule has 2 saturated heterocycles. The van der Waals surface area contributed by atoms with Gasteiger partial charge >= 0.3 is 0 Å². The van der Waals surface area contributed by atoms with Crippen LogP contribution in [0.2, 0.25) is 0 Å². The van der Waals surface area contributed by atoms with Gasteiger partial charge in [0.25, 0.3) is 0 Å². The Morgan fingerprint density at radius 3 is 2.44 bits per heavy atom. The zero-order valence-corrected chi connectivity index (χ0v) is 12.2. The molecule has 2 fully saturated rings. The fourth-order valence-corrected chi connectivity index (χ4v) is 3.24. The molecule has 2 rings (SSSR count). The molecule has 0 aliphatic carbocycles. The molecule has 0 spiro atoms. The van der Waals surface area contributed by atoms with Crippen LogP contribution in [0.1, 0.15) is 46.0 Å². The van der Waals surface area contributed by atoms with Crippen LogP contribution in [0.15, 0.2) is 0 Å². The van der Waals surface area contributed by atoms with Crippen LogP contribution in [0.5, 0.6) is 0 Å². The van der Waals surface area contributed by atoms with Gasteiger partial charge in [-0.05, 0) is 51.2 Å². The second-order valence-corrected chi connectivity index (χ2v) is 5.92. The van der Waals surface area contributed by atoms with Crippen LogP contribution < -0.4 is 5.32 Å². The first-order valence-electron chi connectivity index (χ1n) is 7.90. The Morgan fingerprint density at radius 2 is 1.78 bits per heavy atom. The Bertz CT molecular complexity index is 227. The van der Waals surface area contributed by atoms with Crippen LogP contribution in [0.3, 0.4) is 0 Å². The first-order valence-corrected chi connectivity index (χ1v) is 7.90. The molecule has 0 saturated carbocycles. The van der Waals surface area contributed by atoms with Crippen LogP contribution in [0, 0.1) is 5.92 Å². The average molecular weight is 254 g/mol. The van der Waals surface area contributed by atoms with Crippen molar-refractivity contribution in [3.8, 4) is 0 Å². The molecular weight excluding hydrogens is 224 g/mol. The molecule has 2 aliphatic heterocycles. The minimum Gasteiger partial charge on any atom is -0.372 e. The molecular formula is C15H30N2O. The molecule has 18 heavy (non-hydrogen) atoms. The molecule has 0 aromatic rings. The van der Waals surface area contributed by atoms with Crippen molar-refractivity contribution in [2.45, 2.75) is 58.2 Å². The normalized spacial score (nSPS) is 31.0. The zero-order valence-electron chi connectivity index (χ0n) is 12.2. The topological polar surface area (TPSA) is 24.5 Å². The Kier molecular flexibility index (Phi) is 5.93. The van der Waals surface area contributed by atoms with E-state index in [0.29, 0.717) is 12.2 Å². The molecule has 0 bridgehead atoms. The van der Waals surface area contributed by atoms with E-state index in [1.807, 2.05) is 0 Å². The van der Waals surface area contributed by atoms with E-state index in [2.05, 4.69) is 24.1 Å². The molecule has 2 heterocycles. The highest BCUT2D eigenvalue weighted by molar-refractivity contribution is 4.80. The van der Waals surface area contributed by atoms with Crippen molar-refractivity contribution in [2.24, 2.45) is 5.92 Å². The minimum absolute atomic E-state index is 0.461. The maximum absolute atomic E-state index is 6.12. The van der Waals surface area contributed by atoms with Crippen LogP contribution in [0.4, 0.5) is 0 Å². The van der Waals surface area contributed by atoms with Gasteiger partial charge in [-0.25, -0.2) is 0 Å². The van der Waals surface area contributed by atoms with Gasteiger partial charge in [0.05, 0.1) is 12.2 Å². The van der Waals surface area contributed by atoms with Crippen molar-refractivity contribution in [1.82, 2.24) is 10.2 Å². The van der Waals surface area contributed by atoms with Crippen molar-refractivity contribution in [2.75, 3.05) is 32.7 Å². The third kappa shape index (κ3) is 4.22. The number of likely N-dealkylation sites (N-methyl/N-ethyl adjacent to an activating group) is 1. The van der Waals surface area contributed by atoms with Crippen LogP contribution in [0.25, 0.3) is 0 Å². The number of piperidine rings is 1. The molecule has 0 amide bonds. The van der Waals surface area contributed by atoms with E-state index in [1.54, 1.807) is 0 Å². The average Bonchev–Trinajstić information content (AvgIpc) is 2.85. The van der Waals surface area contributed by atoms with Gasteiger partial charge in [-0.1, -0.05) is 20.3 Å². The van der Waals surface area contributed by atoms with Gasteiger partial charge in [0.2, 0.25) is 0 Å². The molecule has 106 valence electrons. The fourth-order valence-electron chi connectivity index (χ4n) is 3.24. The lowest BCUT2D eigenvalue weighted by Crippen LogP contribution is -2.39. The van der Waals surface area contributed by atoms with E-state index in [-0.39, 0.29) is 0 Å². The molecule has 1 N–H and O–H groups in total. The lowest BCUT2D eigenvalue weighted by molar-refractivity contribution is 0.0168. The lowest BCUT2D eigenvalue weighted by atomic mass is 9.94. The van der Waals surface area contributed by atoms with Crippen molar-refractivity contribution in [1.29, 1.82) is 0 Å². The maximum atomic E-state index is 6.12. The largest absolute Gasteiger partial charge is 0.372 e. The summed E-state index contributed by atoms with van der Waals surface area (Å²) in [4.78, 5) is 2.62. The summed E-state index contributed by atoms with van der Waals surface area (Å²) in [5, 5.41) is 3.39. The Balaban J connectivity index is 1.63. The predicted octanol–water partition coefficient (Wildman–Crippen LogP) is 2.27. The van der Waals surface area contributed by atoms with E-state index in [1.165, 1.54) is 51.7 Å². The van der Waals surface area contributed by atoms with E-state index < -0.39 is 0 Å². The van der Waals surface area contributed by atoms with Crippen molar-refractivity contribution < 1.29 is 4.74 Å². The van der Waals surface area contributed by atoms with E-state index in [0.717, 1.165) is 19.0 Å². The molecule has 0 aromatic heterocycles. The smallest absolute Gasteiger partial charge is 0.0707 e. The van der Waals surface area contributed by atoms with Gasteiger partial charge in [0.15, 0.2) is 0 Å². The quantitative estimate of drug-likeness (QED) is 0.787. The van der Waals surface area contributed by atoms with Crippen molar-refractivity contribution in [3.05, 3.63) is 0 Å². The molecule has 2 atom stereocenters. The molecule has 0 radical (unpaired) electrons. The van der Waals surface area contributed by atoms with E-state index in [4.69, 9.17) is 4.74 Å². The Hall–Kier alpha value is -0.120. The number of hydrogen-bond acceptors (Lipinski definition) is 3. The zero-order chi connectivity index (χ0) is 12.8. The monoisotopic (exact) mass is 254 g/mol. The summed E-state index contributed by atoms with van der Waals surface area (Å²) in [5.74, 6) is 0.979. The highest BCUT2D eigenvalue weighted by Crippen LogP contribution is 2.24. The number of likely N-dealkylation sites (tertiary alicyclic amines) is 1. The number of rotatable bonds is 6. The summed E-state index contributed by atoms with van der Waals surface area (Å²) in [7, 11) is 0. The predicted molar refractivity (Wildman–Crippen MR) is 75.9 cm³/mol. The first-order chi connectivity index (χ1) is 8.81. The van der Waals surface area contributed by atoms with Crippen molar-refractivity contribution in [3.63, 3.8) is 0 Å². The Morgan fingerprint density at radius 1 is 1.06 bits per heavy atom. The van der Waals surface area contributed by atoms with Gasteiger partial charge < -0.3 is 15.0 Å². The fraction of sp³-hybridized carbons (Fsp3) is 1.00. The van der Waals surface area contributed by atoms with Gasteiger partial charge in [-0.15, -0.1) is 0 Å². The van der Waals surface area contributed by atoms with Crippen molar-refractivity contribution >= 4 is 0 Å². The minimum atomic E-state index is 0.461. The highest BCUT2D eigenvalue weighted by Gasteiger charge is 2.27. The van der Waals surface area contributed by atoms with E-state index >= 15 is 0 Å². The lowest BCUT2D eigenvalue weighted by Gasteiger charge is -2.33. The summed E-state index contributed by atoms with van der Waals surface area (Å²) in [6.45, 7) is 10.3. The van der Waals surface area contributed by atoms with Crippen LogP contribution >= 0.6 is 0 Å². The van der Waals surface area contributed by atoms with Gasteiger partial charge in [0.1, 0.15) is 0 Å². The molecule has 2 unspecified atom stereocenters. The van der Waals surface area contributed by atoms with Gasteiger partial charge in [0, 0.05) is 13.1 Å². The number of nitrogens with zero attached hydrogens (tertiary/aromatic N) is 1. The maximum Gasteiger partial charge on any atom is 0.0707 e. The number of nitrogens with one attached hydrogen (secondary N) is 1. The summed E-state index contributed by atoms with van der Waals surface area (Å²) in [6, 6.07) is 0. The molecule has 3 heteroatoms. The SMILES string of the molecule is CCNCC1CCC(CN2CCC(CC)CC2)O1. The van der Waals surface area contributed by atoms with E-state index in [9.17, 15) is 0 Å². The summed E-state index contributed by atoms with van der Waals surface area (Å²) < 4.78 is 6.12. The summed E-state index contributed by atoms with van der Waals surface area (Å²) in [6.07, 6.45) is 7.59. The standard InChI is InChI=1S/C15H30N2O/c1-3-13-7-9-17(10-8-13)12-15-6-5-14(18-15)11-16-4-2/h13-16H,3-12H2,1-2H3. The molecule has 0 aromatic carbocycles. The molecule has 3 nitrogen and oxygen atoms in total. The van der Waals surface area contributed by atoms with Gasteiger partial charge in [-0.2, -0.15) is 0 Å². The molecule has 2 aliphatic rings. The third-order valence-corrected chi connectivity index (χ3v) is 4.56. The summed E-state index contributed by atoms with van der Waals surface area (Å²) >= 11 is 0. The van der Waals surface area contributed by atoms with Gasteiger partial charge in [-0.3, -0.25) is 0 Å². The third-order valence-electron chi connectivity index (χ3n) is 4.56. The second-order valence-electron chi connectivity index (χ2n) is 5.92. The first kappa shape index (κ1) is 14.3.